The van der Waals surface area contributed by atoms with E-state index >= 15 is 0 Å². The van der Waals surface area contributed by atoms with Crippen molar-refractivity contribution in [3.8, 4) is 0 Å². The van der Waals surface area contributed by atoms with E-state index in [1.807, 2.05) is 0 Å². The van der Waals surface area contributed by atoms with Crippen LogP contribution in [0.4, 0.5) is 0 Å². The van der Waals surface area contributed by atoms with Crippen LogP contribution in [0.1, 0.15) is 5.37 Å². The second-order valence-corrected chi connectivity index (χ2v) is 7.03. The number of nitrogens with one attached hydrogen (secondary N) is 1. The summed E-state index contributed by atoms with van der Waals surface area (Å²) in [6.45, 7) is 3.58. The predicted octanol–water partition coefficient (Wildman–Crippen LogP) is 1.93. The molecule has 0 fully saturated rings. The number of benzene rings is 1. The van der Waals surface area contributed by atoms with Crippen LogP contribution in [0.25, 0.3) is 10.9 Å². The molecule has 0 bridgehead atoms. The van der Waals surface area contributed by atoms with E-state index in [1.54, 1.807) is 24.3 Å². The van der Waals surface area contributed by atoms with Crippen LogP contribution in [-0.4, -0.2) is 28.4 Å². The van der Waals surface area contributed by atoms with E-state index in [4.69, 9.17) is 11.6 Å². The number of hydrogen-bond donors (Lipinski definition) is 1. The summed E-state index contributed by atoms with van der Waals surface area (Å²) in [5, 5.41) is 9.12. The number of halogens is 1. The Labute approximate surface area is 136 Å². The third-order valence-electron chi connectivity index (χ3n) is 3.27. The number of para-hydroxylation sites is 1. The van der Waals surface area contributed by atoms with E-state index in [1.165, 1.54) is 10.8 Å². The summed E-state index contributed by atoms with van der Waals surface area (Å²) in [4.78, 5) is 11.1. The molecule has 3 rings (SSSR count). The fourth-order valence-corrected chi connectivity index (χ4v) is 3.81. The molecule has 0 radical (unpaired) electrons. The lowest BCUT2D eigenvalue weighted by molar-refractivity contribution is 0.556. The molecular formula is C14H11ClN4O3S. The molecular weight excluding hydrogens is 340 g/mol. The summed E-state index contributed by atoms with van der Waals surface area (Å²) < 4.78 is 26.8. The first kappa shape index (κ1) is 15.4. The Morgan fingerprint density at radius 1 is 1.26 bits per heavy atom. The van der Waals surface area contributed by atoms with Crippen LogP contribution in [-0.2, 0) is 9.84 Å². The summed E-state index contributed by atoms with van der Waals surface area (Å²) in [5.41, 5.74) is 0.0575. The van der Waals surface area contributed by atoms with Gasteiger partial charge in [0.1, 0.15) is 0 Å². The molecule has 1 unspecified atom stereocenters. The van der Waals surface area contributed by atoms with Gasteiger partial charge in [-0.3, -0.25) is 4.79 Å². The zero-order valence-corrected chi connectivity index (χ0v) is 13.3. The molecule has 3 aromatic rings. The first-order chi connectivity index (χ1) is 10.9. The van der Waals surface area contributed by atoms with Gasteiger partial charge in [0.25, 0.3) is 5.56 Å². The van der Waals surface area contributed by atoms with E-state index in [0.717, 1.165) is 12.1 Å². The van der Waals surface area contributed by atoms with Gasteiger partial charge in [-0.2, -0.15) is 10.2 Å². The van der Waals surface area contributed by atoms with Crippen molar-refractivity contribution in [3.05, 3.63) is 64.6 Å². The number of aromatic nitrogens is 4. The Hall–Kier alpha value is -2.45. The Bertz CT molecular complexity index is 1030. The van der Waals surface area contributed by atoms with E-state index in [-0.39, 0.29) is 10.2 Å². The number of aromatic amines is 1. The minimum atomic E-state index is -3.96. The van der Waals surface area contributed by atoms with Crippen LogP contribution >= 0.6 is 11.6 Å². The average Bonchev–Trinajstić information content (AvgIpc) is 2.86. The van der Waals surface area contributed by atoms with Gasteiger partial charge in [-0.05, 0) is 18.2 Å². The number of rotatable bonds is 4. The first-order valence-corrected chi connectivity index (χ1v) is 8.42. The van der Waals surface area contributed by atoms with Gasteiger partial charge >= 0.3 is 0 Å². The van der Waals surface area contributed by atoms with Crippen molar-refractivity contribution in [1.82, 2.24) is 20.0 Å². The standard InChI is InChI=1S/C14H11ClN4O3S/c1-2-13(23(21,22)12-8-7-11(20)16-17-12)19-10-6-4-3-5-9(10)14(15)18-19/h2-8,13H,1H2,(H,16,20). The van der Waals surface area contributed by atoms with Gasteiger partial charge in [0.05, 0.1) is 5.52 Å². The lowest BCUT2D eigenvalue weighted by atomic mass is 10.2. The minimum Gasteiger partial charge on any atom is -0.268 e. The van der Waals surface area contributed by atoms with Gasteiger partial charge in [0, 0.05) is 11.5 Å². The number of hydrogen-bond acceptors (Lipinski definition) is 5. The van der Waals surface area contributed by atoms with Gasteiger partial charge in [0.2, 0.25) is 9.84 Å². The Morgan fingerprint density at radius 3 is 2.65 bits per heavy atom. The first-order valence-electron chi connectivity index (χ1n) is 6.50. The molecule has 0 spiro atoms. The summed E-state index contributed by atoms with van der Waals surface area (Å²) in [6, 6.07) is 9.21. The highest BCUT2D eigenvalue weighted by atomic mass is 35.5. The summed E-state index contributed by atoms with van der Waals surface area (Å²) in [6.07, 6.45) is 1.23. The summed E-state index contributed by atoms with van der Waals surface area (Å²) in [5.74, 6) is 0. The van der Waals surface area contributed by atoms with Gasteiger partial charge in [-0.15, -0.1) is 0 Å². The third-order valence-corrected chi connectivity index (χ3v) is 5.39. The molecule has 118 valence electrons. The zero-order valence-electron chi connectivity index (χ0n) is 11.7. The number of fused-ring (bicyclic) bond motifs is 1. The summed E-state index contributed by atoms with van der Waals surface area (Å²) >= 11 is 6.07. The molecule has 0 amide bonds. The topological polar surface area (TPSA) is 97.7 Å². The highest BCUT2D eigenvalue weighted by Gasteiger charge is 2.30. The number of H-pyrrole nitrogens is 1. The maximum absolute atomic E-state index is 12.8. The van der Waals surface area contributed by atoms with E-state index in [2.05, 4.69) is 21.9 Å². The van der Waals surface area contributed by atoms with E-state index in [9.17, 15) is 13.2 Å². The highest BCUT2D eigenvalue weighted by Crippen LogP contribution is 2.30. The normalized spacial score (nSPS) is 13.1. The van der Waals surface area contributed by atoms with Crippen molar-refractivity contribution in [2.75, 3.05) is 0 Å². The molecule has 2 heterocycles. The largest absolute Gasteiger partial charge is 0.268 e. The lowest BCUT2D eigenvalue weighted by Crippen LogP contribution is -2.22. The van der Waals surface area contributed by atoms with Crippen LogP contribution in [0.5, 0.6) is 0 Å². The second kappa shape index (κ2) is 5.64. The van der Waals surface area contributed by atoms with Gasteiger partial charge in [-0.25, -0.2) is 18.2 Å². The molecule has 1 aromatic carbocycles. The molecule has 0 saturated carbocycles. The van der Waals surface area contributed by atoms with E-state index < -0.39 is 20.8 Å². The van der Waals surface area contributed by atoms with Gasteiger partial charge in [-0.1, -0.05) is 36.4 Å². The third kappa shape index (κ3) is 2.55. The zero-order chi connectivity index (χ0) is 16.6. The Morgan fingerprint density at radius 2 is 2.00 bits per heavy atom. The molecule has 1 atom stereocenters. The summed E-state index contributed by atoms with van der Waals surface area (Å²) in [7, 11) is -3.96. The smallest absolute Gasteiger partial charge is 0.264 e. The minimum absolute atomic E-state index is 0.192. The maximum Gasteiger partial charge on any atom is 0.264 e. The molecule has 2 aromatic heterocycles. The lowest BCUT2D eigenvalue weighted by Gasteiger charge is -2.14. The average molecular weight is 351 g/mol. The van der Waals surface area contributed by atoms with Crippen molar-refractivity contribution in [1.29, 1.82) is 0 Å². The second-order valence-electron chi connectivity index (χ2n) is 4.68. The predicted molar refractivity (Wildman–Crippen MR) is 86.0 cm³/mol. The molecule has 0 aliphatic heterocycles. The van der Waals surface area contributed by atoms with Crippen LogP contribution in [0.3, 0.4) is 0 Å². The molecule has 0 saturated heterocycles. The fourth-order valence-electron chi connectivity index (χ4n) is 2.22. The Balaban J connectivity index is 2.20. The Kier molecular flexibility index (Phi) is 3.78. The van der Waals surface area contributed by atoms with Crippen LogP contribution in [0.2, 0.25) is 5.15 Å². The molecule has 7 nitrogen and oxygen atoms in total. The monoisotopic (exact) mass is 350 g/mol. The van der Waals surface area contributed by atoms with Crippen molar-refractivity contribution >= 4 is 32.3 Å². The van der Waals surface area contributed by atoms with Crippen LogP contribution < -0.4 is 5.56 Å². The SMILES string of the molecule is C=CC(n1nc(Cl)c2ccccc21)S(=O)(=O)c1ccc(=O)[nH]n1. The van der Waals surface area contributed by atoms with Crippen molar-refractivity contribution in [3.63, 3.8) is 0 Å². The molecule has 1 N–H and O–H groups in total. The molecule has 0 aliphatic carbocycles. The van der Waals surface area contributed by atoms with Crippen molar-refractivity contribution in [2.45, 2.75) is 10.4 Å². The molecule has 0 aliphatic rings. The number of sulfone groups is 1. The van der Waals surface area contributed by atoms with Crippen molar-refractivity contribution in [2.24, 2.45) is 0 Å². The fraction of sp³-hybridized carbons (Fsp3) is 0.0714. The number of nitrogens with zero attached hydrogens (tertiary/aromatic N) is 3. The molecule has 9 heteroatoms. The molecule has 23 heavy (non-hydrogen) atoms. The highest BCUT2D eigenvalue weighted by molar-refractivity contribution is 7.91. The van der Waals surface area contributed by atoms with Crippen LogP contribution in [0.15, 0.2) is 58.9 Å². The van der Waals surface area contributed by atoms with Crippen LogP contribution in [0, 0.1) is 0 Å². The van der Waals surface area contributed by atoms with Gasteiger partial charge in [0.15, 0.2) is 15.6 Å². The maximum atomic E-state index is 12.8. The van der Waals surface area contributed by atoms with Crippen molar-refractivity contribution < 1.29 is 8.42 Å². The van der Waals surface area contributed by atoms with E-state index in [0.29, 0.717) is 10.9 Å². The van der Waals surface area contributed by atoms with Gasteiger partial charge < -0.3 is 0 Å². The quantitative estimate of drug-likeness (QED) is 0.725.